The normalized spacial score (nSPS) is 10.0. The Hall–Kier alpha value is -5.10. The number of anilines is 1. The molecule has 0 aliphatic rings. The summed E-state index contributed by atoms with van der Waals surface area (Å²) in [5, 5.41) is 37.8. The highest BCUT2D eigenvalue weighted by Crippen LogP contribution is 2.27. The van der Waals surface area contributed by atoms with E-state index < -0.39 is 9.85 Å². The minimum atomic E-state index is -0.591. The molecule has 42 heavy (non-hydrogen) atoms. The molecular weight excluding hydrogens is 615 g/mol. The van der Waals surface area contributed by atoms with Crippen LogP contribution in [0.4, 0.5) is 17.1 Å². The highest BCUT2D eigenvalue weighted by molar-refractivity contribution is 6.31. The number of hydrogen-bond acceptors (Lipinski definition) is 12. The Kier molecular flexibility index (Phi) is 10.5. The summed E-state index contributed by atoms with van der Waals surface area (Å²) in [5.74, 6) is 1.68. The van der Waals surface area contributed by atoms with Crippen molar-refractivity contribution < 1.29 is 18.9 Å². The third-order valence-corrected chi connectivity index (χ3v) is 5.46. The van der Waals surface area contributed by atoms with E-state index in [1.807, 2.05) is 0 Å². The molecule has 3 aromatic carbocycles. The quantitative estimate of drug-likeness (QED) is 0.120. The van der Waals surface area contributed by atoms with Gasteiger partial charge >= 0.3 is 0 Å². The van der Waals surface area contributed by atoms with Crippen molar-refractivity contribution in [2.45, 2.75) is 13.8 Å². The second kappa shape index (κ2) is 14.0. The van der Waals surface area contributed by atoms with Gasteiger partial charge in [0.2, 0.25) is 23.4 Å². The fourth-order valence-corrected chi connectivity index (χ4v) is 3.83. The Morgan fingerprint density at radius 1 is 0.738 bits per heavy atom. The van der Waals surface area contributed by atoms with Crippen LogP contribution in [0.5, 0.6) is 0 Å². The van der Waals surface area contributed by atoms with Gasteiger partial charge in [0.25, 0.3) is 11.4 Å². The van der Waals surface area contributed by atoms with Gasteiger partial charge in [0.05, 0.1) is 21.5 Å². The van der Waals surface area contributed by atoms with Crippen molar-refractivity contribution in [1.29, 1.82) is 5.26 Å². The molecule has 0 aliphatic heterocycles. The summed E-state index contributed by atoms with van der Waals surface area (Å²) >= 11 is 17.1. The zero-order chi connectivity index (χ0) is 31.0. The van der Waals surface area contributed by atoms with Gasteiger partial charge in [0.1, 0.15) is 0 Å². The van der Waals surface area contributed by atoms with E-state index >= 15 is 0 Å². The number of benzene rings is 3. The standard InChI is InChI=1S/C9H6ClN3O3.C9H8ClN3O.C7H3ClN2O2/c1-5-11-9(12-16-5)6-2-7(10)4-8(3-6)13(14)15;1-5-12-9(13-14-5)6-2-7(10)4-8(11)3-6;8-6-1-5(4-9)2-7(3-6)10(11)12/h2-4H,1H3;2-4H,11H2,1H3;1-3H. The average molecular weight is 632 g/mol. The summed E-state index contributed by atoms with van der Waals surface area (Å²) in [7, 11) is 0. The average Bonchev–Trinajstić information content (AvgIpc) is 3.56. The van der Waals surface area contributed by atoms with Crippen molar-refractivity contribution in [3.05, 3.63) is 107 Å². The smallest absolute Gasteiger partial charge is 0.272 e. The van der Waals surface area contributed by atoms with Crippen molar-refractivity contribution >= 4 is 51.9 Å². The van der Waals surface area contributed by atoms with Crippen LogP contribution in [0.1, 0.15) is 17.3 Å². The van der Waals surface area contributed by atoms with Gasteiger partial charge in [-0.1, -0.05) is 45.1 Å². The van der Waals surface area contributed by atoms with Crippen LogP contribution in [0.15, 0.2) is 63.6 Å². The highest BCUT2D eigenvalue weighted by atomic mass is 35.5. The number of nitrogens with zero attached hydrogens (tertiary/aromatic N) is 7. The first-order chi connectivity index (χ1) is 19.8. The fraction of sp³-hybridized carbons (Fsp3) is 0.0800. The third kappa shape index (κ3) is 8.96. The maximum atomic E-state index is 10.6. The molecule has 5 aromatic rings. The lowest BCUT2D eigenvalue weighted by atomic mass is 10.2. The molecule has 0 fully saturated rings. The summed E-state index contributed by atoms with van der Waals surface area (Å²) in [6, 6.07) is 14.8. The van der Waals surface area contributed by atoms with Gasteiger partial charge in [0.15, 0.2) is 0 Å². The molecule has 0 aliphatic carbocycles. The Labute approximate surface area is 251 Å². The second-order valence-electron chi connectivity index (χ2n) is 8.07. The largest absolute Gasteiger partial charge is 0.399 e. The molecular formula is C25H17Cl3N8O6. The zero-order valence-corrected chi connectivity index (χ0v) is 23.8. The number of nitrogens with two attached hydrogens (primary N) is 1. The molecule has 0 saturated carbocycles. The van der Waals surface area contributed by atoms with Crippen LogP contribution in [0.25, 0.3) is 22.8 Å². The molecule has 0 bridgehead atoms. The summed E-state index contributed by atoms with van der Waals surface area (Å²) < 4.78 is 9.64. The molecule has 5 rings (SSSR count). The molecule has 0 amide bonds. The van der Waals surface area contributed by atoms with Crippen molar-refractivity contribution in [2.75, 3.05) is 5.73 Å². The first kappa shape index (κ1) is 31.4. The summed E-state index contributed by atoms with van der Waals surface area (Å²) in [6.07, 6.45) is 0. The van der Waals surface area contributed by atoms with E-state index in [1.54, 1.807) is 44.2 Å². The van der Waals surface area contributed by atoms with Gasteiger partial charge in [-0.3, -0.25) is 20.2 Å². The third-order valence-electron chi connectivity index (χ3n) is 4.81. The van der Waals surface area contributed by atoms with E-state index in [1.165, 1.54) is 30.3 Å². The minimum absolute atomic E-state index is 0.107. The predicted octanol–water partition coefficient (Wildman–Crippen LogP) is 7.01. The number of nitro benzene ring substituents is 2. The Morgan fingerprint density at radius 3 is 1.62 bits per heavy atom. The van der Waals surface area contributed by atoms with Crippen molar-refractivity contribution in [3.63, 3.8) is 0 Å². The molecule has 0 saturated heterocycles. The number of nitriles is 1. The summed E-state index contributed by atoms with van der Waals surface area (Å²) in [4.78, 5) is 27.8. The van der Waals surface area contributed by atoms with E-state index in [0.29, 0.717) is 33.9 Å². The topological polar surface area (TPSA) is 214 Å². The first-order valence-electron chi connectivity index (χ1n) is 11.3. The van der Waals surface area contributed by atoms with Gasteiger partial charge in [0, 0.05) is 70.0 Å². The molecule has 0 radical (unpaired) electrons. The lowest BCUT2D eigenvalue weighted by Gasteiger charge is -1.98. The van der Waals surface area contributed by atoms with Crippen LogP contribution in [-0.4, -0.2) is 30.1 Å². The lowest BCUT2D eigenvalue weighted by Crippen LogP contribution is -1.89. The van der Waals surface area contributed by atoms with Gasteiger partial charge in [-0.05, 0) is 30.3 Å². The first-order valence-corrected chi connectivity index (χ1v) is 12.5. The van der Waals surface area contributed by atoms with Crippen LogP contribution >= 0.6 is 34.8 Å². The second-order valence-corrected chi connectivity index (χ2v) is 9.38. The summed E-state index contributed by atoms with van der Waals surface area (Å²) in [5.41, 5.74) is 7.34. The molecule has 17 heteroatoms. The summed E-state index contributed by atoms with van der Waals surface area (Å²) in [6.45, 7) is 3.36. The molecule has 0 unspecified atom stereocenters. The molecule has 0 spiro atoms. The van der Waals surface area contributed by atoms with Crippen molar-refractivity contribution in [2.24, 2.45) is 0 Å². The van der Waals surface area contributed by atoms with Crippen molar-refractivity contribution in [3.8, 4) is 28.8 Å². The molecule has 214 valence electrons. The number of rotatable bonds is 4. The number of hydrogen-bond donors (Lipinski definition) is 1. The number of aryl methyl sites for hydroxylation is 2. The van der Waals surface area contributed by atoms with Gasteiger partial charge in [-0.2, -0.15) is 15.2 Å². The number of nitro groups is 2. The molecule has 2 heterocycles. The van der Waals surface area contributed by atoms with Gasteiger partial charge < -0.3 is 14.8 Å². The van der Waals surface area contributed by atoms with E-state index in [0.717, 1.165) is 5.56 Å². The number of halogens is 3. The Balaban J connectivity index is 0.000000175. The number of aromatic nitrogens is 4. The fourth-order valence-electron chi connectivity index (χ4n) is 3.13. The van der Waals surface area contributed by atoms with E-state index in [9.17, 15) is 20.2 Å². The Morgan fingerprint density at radius 2 is 1.19 bits per heavy atom. The zero-order valence-electron chi connectivity index (χ0n) is 21.5. The van der Waals surface area contributed by atoms with Gasteiger partial charge in [-0.25, -0.2) is 0 Å². The van der Waals surface area contributed by atoms with Crippen LogP contribution < -0.4 is 5.73 Å². The minimum Gasteiger partial charge on any atom is -0.399 e. The number of non-ortho nitro benzene ring substituents is 2. The van der Waals surface area contributed by atoms with Crippen LogP contribution in [-0.2, 0) is 0 Å². The van der Waals surface area contributed by atoms with Crippen LogP contribution in [0.2, 0.25) is 15.1 Å². The van der Waals surface area contributed by atoms with E-state index in [4.69, 9.17) is 54.8 Å². The maximum Gasteiger partial charge on any atom is 0.272 e. The van der Waals surface area contributed by atoms with Crippen LogP contribution in [0, 0.1) is 45.4 Å². The molecule has 14 nitrogen and oxygen atoms in total. The van der Waals surface area contributed by atoms with Gasteiger partial charge in [-0.15, -0.1) is 0 Å². The molecule has 0 atom stereocenters. The Bertz CT molecular complexity index is 1780. The monoisotopic (exact) mass is 630 g/mol. The highest BCUT2D eigenvalue weighted by Gasteiger charge is 2.13. The van der Waals surface area contributed by atoms with Crippen molar-refractivity contribution in [1.82, 2.24) is 20.3 Å². The van der Waals surface area contributed by atoms with E-state index in [2.05, 4.69) is 20.3 Å². The SMILES string of the molecule is Cc1nc(-c2cc(Cl)cc([N+](=O)[O-])c2)no1.Cc1nc(-c2cc(N)cc(Cl)c2)no1.N#Cc1cc(Cl)cc([N+](=O)[O-])c1. The molecule has 2 N–H and O–H groups in total. The van der Waals surface area contributed by atoms with E-state index in [-0.39, 0.29) is 32.8 Å². The molecule has 2 aromatic heterocycles. The predicted molar refractivity (Wildman–Crippen MR) is 153 cm³/mol. The lowest BCUT2D eigenvalue weighted by molar-refractivity contribution is -0.385. The maximum absolute atomic E-state index is 10.6. The van der Waals surface area contributed by atoms with Crippen LogP contribution in [0.3, 0.4) is 0 Å². The number of nitrogen functional groups attached to an aromatic ring is 1.